The van der Waals surface area contributed by atoms with E-state index < -0.39 is 0 Å². The number of nitrogens with one attached hydrogen (secondary N) is 1. The molecule has 1 aromatic carbocycles. The highest BCUT2D eigenvalue weighted by atomic mass is 16.1. The standard InChI is InChI=1S/C15H23N3O/c1-17(2)14-8-6-12(7-9-14)15(19)16-13-5-4-10-18(3)11-13/h6-9,13H,4-5,10-11H2,1-3H3,(H,16,19)/t13-/m1/s1. The number of benzene rings is 1. The van der Waals surface area contributed by atoms with Crippen LogP contribution >= 0.6 is 0 Å². The summed E-state index contributed by atoms with van der Waals surface area (Å²) in [6.45, 7) is 2.07. The lowest BCUT2D eigenvalue weighted by atomic mass is 10.1. The third-order valence-corrected chi connectivity index (χ3v) is 3.61. The molecule has 4 heteroatoms. The number of carbonyl (C=O) groups excluding carboxylic acids is 1. The summed E-state index contributed by atoms with van der Waals surface area (Å²) < 4.78 is 0. The van der Waals surface area contributed by atoms with Gasteiger partial charge in [0.1, 0.15) is 0 Å². The summed E-state index contributed by atoms with van der Waals surface area (Å²) in [5.74, 6) is 0.0330. The van der Waals surface area contributed by atoms with Gasteiger partial charge in [0.15, 0.2) is 0 Å². The number of carbonyl (C=O) groups is 1. The first-order chi connectivity index (χ1) is 9.06. The highest BCUT2D eigenvalue weighted by Crippen LogP contribution is 2.13. The van der Waals surface area contributed by atoms with Gasteiger partial charge in [0.05, 0.1) is 0 Å². The second-order valence-electron chi connectivity index (χ2n) is 5.52. The van der Waals surface area contributed by atoms with E-state index in [-0.39, 0.29) is 11.9 Å². The van der Waals surface area contributed by atoms with Gasteiger partial charge in [0.25, 0.3) is 5.91 Å². The zero-order valence-corrected chi connectivity index (χ0v) is 12.0. The molecule has 1 atom stereocenters. The zero-order valence-electron chi connectivity index (χ0n) is 12.0. The van der Waals surface area contributed by atoms with Crippen LogP contribution in [0, 0.1) is 0 Å². The number of hydrogen-bond donors (Lipinski definition) is 1. The molecule has 0 radical (unpaired) electrons. The van der Waals surface area contributed by atoms with Crippen LogP contribution in [0.4, 0.5) is 5.69 Å². The van der Waals surface area contributed by atoms with Gasteiger partial charge in [-0.2, -0.15) is 0 Å². The monoisotopic (exact) mass is 261 g/mol. The highest BCUT2D eigenvalue weighted by molar-refractivity contribution is 5.94. The van der Waals surface area contributed by atoms with Crippen molar-refractivity contribution < 1.29 is 4.79 Å². The average Bonchev–Trinajstić information content (AvgIpc) is 2.39. The predicted octanol–water partition coefficient (Wildman–Crippen LogP) is 1.58. The summed E-state index contributed by atoms with van der Waals surface area (Å²) in [6, 6.07) is 8.00. The van der Waals surface area contributed by atoms with Crippen molar-refractivity contribution in [1.82, 2.24) is 10.2 Å². The molecule has 2 rings (SSSR count). The third-order valence-electron chi connectivity index (χ3n) is 3.61. The molecule has 0 aromatic heterocycles. The van der Waals surface area contributed by atoms with Crippen LogP contribution in [0.1, 0.15) is 23.2 Å². The molecule has 1 aromatic rings. The molecule has 1 N–H and O–H groups in total. The van der Waals surface area contributed by atoms with Gasteiger partial charge in [-0.3, -0.25) is 4.79 Å². The zero-order chi connectivity index (χ0) is 13.8. The molecule has 0 bridgehead atoms. The van der Waals surface area contributed by atoms with Gasteiger partial charge >= 0.3 is 0 Å². The van der Waals surface area contributed by atoms with Gasteiger partial charge in [0.2, 0.25) is 0 Å². The van der Waals surface area contributed by atoms with Crippen LogP contribution in [0.2, 0.25) is 0 Å². The van der Waals surface area contributed by atoms with Gasteiger partial charge in [-0.1, -0.05) is 0 Å². The Morgan fingerprint density at radius 2 is 2.00 bits per heavy atom. The van der Waals surface area contributed by atoms with Gasteiger partial charge in [-0.15, -0.1) is 0 Å². The van der Waals surface area contributed by atoms with Crippen molar-refractivity contribution >= 4 is 11.6 Å². The third kappa shape index (κ3) is 3.70. The fourth-order valence-corrected chi connectivity index (χ4v) is 2.46. The Labute approximate surface area is 115 Å². The predicted molar refractivity (Wildman–Crippen MR) is 78.8 cm³/mol. The molecule has 1 fully saturated rings. The number of amides is 1. The molecule has 19 heavy (non-hydrogen) atoms. The highest BCUT2D eigenvalue weighted by Gasteiger charge is 2.19. The number of nitrogens with zero attached hydrogens (tertiary/aromatic N) is 2. The van der Waals surface area contributed by atoms with Crippen LogP contribution in [0.25, 0.3) is 0 Å². The maximum Gasteiger partial charge on any atom is 0.251 e. The average molecular weight is 261 g/mol. The summed E-state index contributed by atoms with van der Waals surface area (Å²) in [7, 11) is 6.09. The molecule has 0 unspecified atom stereocenters. The maximum atomic E-state index is 12.2. The summed E-state index contributed by atoms with van der Waals surface area (Å²) >= 11 is 0. The Balaban J connectivity index is 1.95. The number of hydrogen-bond acceptors (Lipinski definition) is 3. The lowest BCUT2D eigenvalue weighted by molar-refractivity contribution is 0.0912. The number of likely N-dealkylation sites (tertiary alicyclic amines) is 1. The molecule has 104 valence electrons. The van der Waals surface area contributed by atoms with E-state index in [0.29, 0.717) is 0 Å². The van der Waals surface area contributed by atoms with Crippen LogP contribution in [0.5, 0.6) is 0 Å². The van der Waals surface area contributed by atoms with Gasteiger partial charge in [-0.05, 0) is 50.7 Å². The molecule has 1 aliphatic rings. The summed E-state index contributed by atoms with van der Waals surface area (Å²) in [5, 5.41) is 3.12. The first kappa shape index (κ1) is 13.9. The molecular weight excluding hydrogens is 238 g/mol. The van der Waals surface area contributed by atoms with E-state index >= 15 is 0 Å². The number of anilines is 1. The lowest BCUT2D eigenvalue weighted by Crippen LogP contribution is -2.46. The quantitative estimate of drug-likeness (QED) is 0.897. The van der Waals surface area contributed by atoms with E-state index in [1.807, 2.05) is 43.3 Å². The minimum absolute atomic E-state index is 0.0330. The van der Waals surface area contributed by atoms with Crippen molar-refractivity contribution in [1.29, 1.82) is 0 Å². The van der Waals surface area contributed by atoms with E-state index in [0.717, 1.165) is 37.2 Å². The smallest absolute Gasteiger partial charge is 0.251 e. The molecular formula is C15H23N3O. The summed E-state index contributed by atoms with van der Waals surface area (Å²) in [6.07, 6.45) is 2.23. The van der Waals surface area contributed by atoms with Crippen LogP contribution in [-0.2, 0) is 0 Å². The van der Waals surface area contributed by atoms with Crippen molar-refractivity contribution in [3.63, 3.8) is 0 Å². The van der Waals surface area contributed by atoms with Crippen LogP contribution < -0.4 is 10.2 Å². The van der Waals surface area contributed by atoms with E-state index in [4.69, 9.17) is 0 Å². The van der Waals surface area contributed by atoms with Crippen molar-refractivity contribution in [2.24, 2.45) is 0 Å². The SMILES string of the molecule is CN1CCC[C@@H](NC(=O)c2ccc(N(C)C)cc2)C1. The molecule has 0 aliphatic carbocycles. The van der Waals surface area contributed by atoms with Crippen molar-refractivity contribution in [2.75, 3.05) is 39.1 Å². The van der Waals surface area contributed by atoms with E-state index in [1.54, 1.807) is 0 Å². The molecule has 0 spiro atoms. The Bertz CT molecular complexity index is 428. The minimum Gasteiger partial charge on any atom is -0.378 e. The first-order valence-corrected chi connectivity index (χ1v) is 6.83. The molecule has 1 amide bonds. The van der Waals surface area contributed by atoms with Crippen LogP contribution in [0.3, 0.4) is 0 Å². The molecule has 0 saturated carbocycles. The number of likely N-dealkylation sites (N-methyl/N-ethyl adjacent to an activating group) is 1. The molecule has 1 aliphatic heterocycles. The van der Waals surface area contributed by atoms with E-state index in [9.17, 15) is 4.79 Å². The van der Waals surface area contributed by atoms with Gasteiger partial charge in [0, 0.05) is 37.9 Å². The Hall–Kier alpha value is -1.55. The van der Waals surface area contributed by atoms with Crippen molar-refractivity contribution in [3.8, 4) is 0 Å². The Morgan fingerprint density at radius 1 is 1.32 bits per heavy atom. The summed E-state index contributed by atoms with van der Waals surface area (Å²) in [5.41, 5.74) is 1.84. The van der Waals surface area contributed by atoms with Crippen LogP contribution in [-0.4, -0.2) is 51.1 Å². The maximum absolute atomic E-state index is 12.2. The lowest BCUT2D eigenvalue weighted by Gasteiger charge is -2.30. The second kappa shape index (κ2) is 6.06. The fourth-order valence-electron chi connectivity index (χ4n) is 2.46. The Kier molecular flexibility index (Phi) is 4.43. The normalized spacial score (nSPS) is 20.1. The first-order valence-electron chi connectivity index (χ1n) is 6.83. The minimum atomic E-state index is 0.0330. The van der Waals surface area contributed by atoms with Gasteiger partial charge < -0.3 is 15.1 Å². The van der Waals surface area contributed by atoms with Crippen molar-refractivity contribution in [2.45, 2.75) is 18.9 Å². The fraction of sp³-hybridized carbons (Fsp3) is 0.533. The van der Waals surface area contributed by atoms with Crippen molar-refractivity contribution in [3.05, 3.63) is 29.8 Å². The summed E-state index contributed by atoms with van der Waals surface area (Å²) in [4.78, 5) is 16.5. The molecule has 1 heterocycles. The van der Waals surface area contributed by atoms with Gasteiger partial charge in [-0.25, -0.2) is 0 Å². The van der Waals surface area contributed by atoms with E-state index in [2.05, 4.69) is 17.3 Å². The molecule has 1 saturated heterocycles. The number of piperidine rings is 1. The number of rotatable bonds is 3. The topological polar surface area (TPSA) is 35.6 Å². The molecule has 4 nitrogen and oxygen atoms in total. The second-order valence-corrected chi connectivity index (χ2v) is 5.52. The van der Waals surface area contributed by atoms with E-state index in [1.165, 1.54) is 0 Å². The Morgan fingerprint density at radius 3 is 2.58 bits per heavy atom. The largest absolute Gasteiger partial charge is 0.378 e. The van der Waals surface area contributed by atoms with Crippen LogP contribution in [0.15, 0.2) is 24.3 Å².